The highest BCUT2D eigenvalue weighted by Crippen LogP contribution is 2.21. The molecule has 1 aliphatic rings. The van der Waals surface area contributed by atoms with Crippen molar-refractivity contribution in [3.63, 3.8) is 0 Å². The van der Waals surface area contributed by atoms with E-state index in [1.165, 1.54) is 12.1 Å². The minimum atomic E-state index is -1.03. The second kappa shape index (κ2) is 6.44. The van der Waals surface area contributed by atoms with E-state index in [1.54, 1.807) is 11.0 Å². The van der Waals surface area contributed by atoms with Crippen LogP contribution >= 0.6 is 15.9 Å². The summed E-state index contributed by atoms with van der Waals surface area (Å²) in [6.07, 6.45) is 0.944. The van der Waals surface area contributed by atoms with Crippen LogP contribution in [-0.4, -0.2) is 60.1 Å². The first-order chi connectivity index (χ1) is 9.86. The average Bonchev–Trinajstić information content (AvgIpc) is 2.87. The molecular formula is C14H18BrN3O3. The number of carboxylic acid groups (broad SMARTS) is 1. The number of carbonyl (C=O) groups excluding carboxylic acids is 1. The summed E-state index contributed by atoms with van der Waals surface area (Å²) in [5.74, 6) is -1.03. The van der Waals surface area contributed by atoms with Crippen LogP contribution in [0.1, 0.15) is 16.8 Å². The number of aromatic carboxylic acids is 1. The third-order valence-corrected chi connectivity index (χ3v) is 4.03. The van der Waals surface area contributed by atoms with Crippen molar-refractivity contribution in [3.05, 3.63) is 28.2 Å². The Morgan fingerprint density at radius 1 is 1.38 bits per heavy atom. The second-order valence-corrected chi connectivity index (χ2v) is 6.23. The molecule has 0 aromatic heterocycles. The van der Waals surface area contributed by atoms with Gasteiger partial charge in [0, 0.05) is 29.3 Å². The number of nitrogens with one attached hydrogen (secondary N) is 1. The SMILES string of the molecule is CN(C)C1CCN(C(=O)Nc2cc(Br)cc(C(=O)O)c2)C1. The Morgan fingerprint density at radius 2 is 2.10 bits per heavy atom. The number of hydrogen-bond donors (Lipinski definition) is 2. The number of likely N-dealkylation sites (tertiary alicyclic amines) is 1. The van der Waals surface area contributed by atoms with Crippen LogP contribution in [0.25, 0.3) is 0 Å². The number of urea groups is 1. The van der Waals surface area contributed by atoms with Gasteiger partial charge in [0.1, 0.15) is 0 Å². The van der Waals surface area contributed by atoms with Crippen molar-refractivity contribution in [1.29, 1.82) is 0 Å². The molecule has 21 heavy (non-hydrogen) atoms. The van der Waals surface area contributed by atoms with E-state index in [0.29, 0.717) is 29.3 Å². The largest absolute Gasteiger partial charge is 0.478 e. The number of hydrogen-bond acceptors (Lipinski definition) is 3. The van der Waals surface area contributed by atoms with Crippen molar-refractivity contribution in [2.45, 2.75) is 12.5 Å². The first kappa shape index (κ1) is 15.8. The Hall–Kier alpha value is -1.60. The van der Waals surface area contributed by atoms with E-state index < -0.39 is 5.97 Å². The molecule has 1 heterocycles. The third kappa shape index (κ3) is 3.95. The molecule has 0 aliphatic carbocycles. The number of benzene rings is 1. The monoisotopic (exact) mass is 355 g/mol. The van der Waals surface area contributed by atoms with Gasteiger partial charge in [0.2, 0.25) is 0 Å². The maximum atomic E-state index is 12.2. The number of carbonyl (C=O) groups is 2. The van der Waals surface area contributed by atoms with Crippen molar-refractivity contribution in [2.75, 3.05) is 32.5 Å². The van der Waals surface area contributed by atoms with Crippen LogP contribution < -0.4 is 5.32 Å². The first-order valence-corrected chi connectivity index (χ1v) is 7.42. The molecule has 0 saturated carbocycles. The normalized spacial score (nSPS) is 18.1. The van der Waals surface area contributed by atoms with Gasteiger partial charge in [0.05, 0.1) is 5.56 Å². The zero-order chi connectivity index (χ0) is 15.6. The minimum Gasteiger partial charge on any atom is -0.478 e. The number of carboxylic acids is 1. The molecule has 114 valence electrons. The highest BCUT2D eigenvalue weighted by Gasteiger charge is 2.27. The molecular weight excluding hydrogens is 338 g/mol. The van der Waals surface area contributed by atoms with Crippen LogP contribution in [0.3, 0.4) is 0 Å². The van der Waals surface area contributed by atoms with Crippen molar-refractivity contribution in [1.82, 2.24) is 9.80 Å². The molecule has 7 heteroatoms. The minimum absolute atomic E-state index is 0.132. The van der Waals surface area contributed by atoms with Gasteiger partial charge < -0.3 is 20.2 Å². The lowest BCUT2D eigenvalue weighted by Crippen LogP contribution is -2.36. The van der Waals surface area contributed by atoms with Gasteiger partial charge >= 0.3 is 12.0 Å². The molecule has 2 rings (SSSR count). The molecule has 1 atom stereocenters. The van der Waals surface area contributed by atoms with Gasteiger partial charge in [-0.05, 0) is 38.7 Å². The second-order valence-electron chi connectivity index (χ2n) is 5.32. The van der Waals surface area contributed by atoms with Crippen LogP contribution in [-0.2, 0) is 0 Å². The van der Waals surface area contributed by atoms with Crippen molar-refractivity contribution >= 4 is 33.6 Å². The molecule has 1 saturated heterocycles. The van der Waals surface area contributed by atoms with Crippen LogP contribution in [0.15, 0.2) is 22.7 Å². The lowest BCUT2D eigenvalue weighted by molar-refractivity contribution is 0.0697. The van der Waals surface area contributed by atoms with E-state index in [2.05, 4.69) is 26.1 Å². The summed E-state index contributed by atoms with van der Waals surface area (Å²) in [5.41, 5.74) is 0.604. The molecule has 1 aromatic rings. The summed E-state index contributed by atoms with van der Waals surface area (Å²) in [6, 6.07) is 4.80. The number of amides is 2. The average molecular weight is 356 g/mol. The quantitative estimate of drug-likeness (QED) is 0.872. The summed E-state index contributed by atoms with van der Waals surface area (Å²) in [5, 5.41) is 11.8. The Balaban J connectivity index is 2.05. The van der Waals surface area contributed by atoms with Crippen molar-refractivity contribution < 1.29 is 14.7 Å². The molecule has 2 N–H and O–H groups in total. The summed E-state index contributed by atoms with van der Waals surface area (Å²) < 4.78 is 0.616. The van der Waals surface area contributed by atoms with Crippen molar-refractivity contribution in [3.8, 4) is 0 Å². The fraction of sp³-hybridized carbons (Fsp3) is 0.429. The van der Waals surface area contributed by atoms with Gasteiger partial charge in [-0.2, -0.15) is 0 Å². The zero-order valence-electron chi connectivity index (χ0n) is 12.0. The topological polar surface area (TPSA) is 72.9 Å². The molecule has 1 unspecified atom stereocenters. The predicted molar refractivity (Wildman–Crippen MR) is 83.8 cm³/mol. The maximum absolute atomic E-state index is 12.2. The van der Waals surface area contributed by atoms with Crippen LogP contribution in [0.5, 0.6) is 0 Å². The van der Waals surface area contributed by atoms with Gasteiger partial charge in [-0.3, -0.25) is 0 Å². The van der Waals surface area contributed by atoms with E-state index >= 15 is 0 Å². The predicted octanol–water partition coefficient (Wildman–Crippen LogP) is 2.32. The molecule has 0 radical (unpaired) electrons. The third-order valence-electron chi connectivity index (χ3n) is 3.58. The molecule has 1 fully saturated rings. The van der Waals surface area contributed by atoms with Gasteiger partial charge in [0.15, 0.2) is 0 Å². The number of rotatable bonds is 3. The van der Waals surface area contributed by atoms with E-state index in [1.807, 2.05) is 14.1 Å². The van der Waals surface area contributed by atoms with E-state index in [-0.39, 0.29) is 11.6 Å². The fourth-order valence-electron chi connectivity index (χ4n) is 2.34. The van der Waals surface area contributed by atoms with Crippen LogP contribution in [0.4, 0.5) is 10.5 Å². The molecule has 6 nitrogen and oxygen atoms in total. The van der Waals surface area contributed by atoms with E-state index in [9.17, 15) is 9.59 Å². The number of nitrogens with zero attached hydrogens (tertiary/aromatic N) is 2. The Kier molecular flexibility index (Phi) is 4.84. The fourth-order valence-corrected chi connectivity index (χ4v) is 2.83. The van der Waals surface area contributed by atoms with Gasteiger partial charge in [-0.1, -0.05) is 15.9 Å². The molecule has 1 aromatic carbocycles. The van der Waals surface area contributed by atoms with Crippen LogP contribution in [0.2, 0.25) is 0 Å². The van der Waals surface area contributed by atoms with Gasteiger partial charge in [-0.15, -0.1) is 0 Å². The molecule has 0 spiro atoms. The highest BCUT2D eigenvalue weighted by molar-refractivity contribution is 9.10. The summed E-state index contributed by atoms with van der Waals surface area (Å²) >= 11 is 3.25. The summed E-state index contributed by atoms with van der Waals surface area (Å²) in [7, 11) is 4.00. The van der Waals surface area contributed by atoms with Gasteiger partial charge in [-0.25, -0.2) is 9.59 Å². The molecule has 2 amide bonds. The van der Waals surface area contributed by atoms with E-state index in [0.717, 1.165) is 6.42 Å². The van der Waals surface area contributed by atoms with Gasteiger partial charge in [0.25, 0.3) is 0 Å². The standard InChI is InChI=1S/C14H18BrN3O3/c1-17(2)12-3-4-18(8-12)14(21)16-11-6-9(13(19)20)5-10(15)7-11/h5-7,12H,3-4,8H2,1-2H3,(H,16,21)(H,19,20). The lowest BCUT2D eigenvalue weighted by Gasteiger charge is -2.20. The van der Waals surface area contributed by atoms with Crippen molar-refractivity contribution in [2.24, 2.45) is 0 Å². The van der Waals surface area contributed by atoms with Crippen LogP contribution in [0, 0.1) is 0 Å². The maximum Gasteiger partial charge on any atom is 0.335 e. The Morgan fingerprint density at radius 3 is 2.67 bits per heavy atom. The van der Waals surface area contributed by atoms with E-state index in [4.69, 9.17) is 5.11 Å². The number of anilines is 1. The zero-order valence-corrected chi connectivity index (χ0v) is 13.6. The first-order valence-electron chi connectivity index (χ1n) is 6.63. The smallest absolute Gasteiger partial charge is 0.335 e. The molecule has 1 aliphatic heterocycles. The summed E-state index contributed by atoms with van der Waals surface area (Å²) in [6.45, 7) is 1.38. The Labute approximate surface area is 131 Å². The number of halogens is 1. The number of likely N-dealkylation sites (N-methyl/N-ethyl adjacent to an activating group) is 1. The lowest BCUT2D eigenvalue weighted by atomic mass is 10.2. The highest BCUT2D eigenvalue weighted by atomic mass is 79.9. The Bertz CT molecular complexity index is 562. The summed E-state index contributed by atoms with van der Waals surface area (Å²) in [4.78, 5) is 27.1. The molecule has 0 bridgehead atoms.